The Morgan fingerprint density at radius 2 is 1.45 bits per heavy atom. The summed E-state index contributed by atoms with van der Waals surface area (Å²) in [7, 11) is 0. The molecule has 0 atom stereocenters. The van der Waals surface area contributed by atoms with Crippen LogP contribution in [0.25, 0.3) is 0 Å². The molecule has 0 aliphatic heterocycles. The summed E-state index contributed by atoms with van der Waals surface area (Å²) in [5.74, 6) is 2.61. The number of benzene rings is 1. The van der Waals surface area contributed by atoms with E-state index >= 15 is 0 Å². The number of nitrogens with zero attached hydrogens (tertiary/aromatic N) is 2. The van der Waals surface area contributed by atoms with Gasteiger partial charge in [0.1, 0.15) is 11.9 Å². The number of hydrogen-bond acceptors (Lipinski definition) is 4. The highest BCUT2D eigenvalue weighted by Crippen LogP contribution is 2.36. The summed E-state index contributed by atoms with van der Waals surface area (Å²) in [6.45, 7) is 4.35. The highest BCUT2D eigenvalue weighted by Gasteiger charge is 2.27. The van der Waals surface area contributed by atoms with Gasteiger partial charge in [-0.2, -0.15) is 0 Å². The summed E-state index contributed by atoms with van der Waals surface area (Å²) in [6, 6.07) is 8.15. The zero-order valence-electron chi connectivity index (χ0n) is 17.6. The first-order valence-electron chi connectivity index (χ1n) is 11.2. The third-order valence-corrected chi connectivity index (χ3v) is 6.75. The molecule has 0 bridgehead atoms. The molecule has 4 rings (SSSR count). The summed E-state index contributed by atoms with van der Waals surface area (Å²) in [5, 5.41) is 0. The Bertz CT molecular complexity index is 800. The average Bonchev–Trinajstić information content (AvgIpc) is 2.76. The average molecular weight is 393 g/mol. The molecule has 2 fully saturated rings. The van der Waals surface area contributed by atoms with Crippen LogP contribution in [-0.2, 0) is 4.74 Å². The lowest BCUT2D eigenvalue weighted by Crippen LogP contribution is -2.24. The number of esters is 1. The molecular formula is C25H32N2O2. The van der Waals surface area contributed by atoms with Crippen molar-refractivity contribution in [2.75, 3.05) is 0 Å². The molecule has 1 aromatic heterocycles. The monoisotopic (exact) mass is 392 g/mol. The second-order valence-corrected chi connectivity index (χ2v) is 9.08. The molecule has 0 amide bonds. The van der Waals surface area contributed by atoms with E-state index in [0.717, 1.165) is 43.0 Å². The molecule has 0 spiro atoms. The van der Waals surface area contributed by atoms with Crippen molar-refractivity contribution < 1.29 is 9.53 Å². The van der Waals surface area contributed by atoms with E-state index in [1.165, 1.54) is 31.2 Å². The van der Waals surface area contributed by atoms with Crippen molar-refractivity contribution in [3.8, 4) is 0 Å². The van der Waals surface area contributed by atoms with Crippen LogP contribution in [0.4, 0.5) is 0 Å². The summed E-state index contributed by atoms with van der Waals surface area (Å²) >= 11 is 0. The maximum atomic E-state index is 12.6. The Kier molecular flexibility index (Phi) is 6.27. The zero-order chi connectivity index (χ0) is 20.2. The zero-order valence-corrected chi connectivity index (χ0v) is 17.6. The van der Waals surface area contributed by atoms with Crippen molar-refractivity contribution in [3.63, 3.8) is 0 Å². The number of carbonyl (C=O) groups is 1. The number of rotatable bonds is 4. The third-order valence-electron chi connectivity index (χ3n) is 6.75. The van der Waals surface area contributed by atoms with Gasteiger partial charge in [-0.25, -0.2) is 14.8 Å². The van der Waals surface area contributed by atoms with E-state index in [-0.39, 0.29) is 12.1 Å². The second kappa shape index (κ2) is 9.06. The predicted octanol–water partition coefficient (Wildman–Crippen LogP) is 5.96. The van der Waals surface area contributed by atoms with Crippen molar-refractivity contribution >= 4 is 5.97 Å². The molecular weight excluding hydrogens is 360 g/mol. The fourth-order valence-corrected chi connectivity index (χ4v) is 4.76. The van der Waals surface area contributed by atoms with E-state index in [1.807, 2.05) is 31.5 Å². The molecule has 1 aromatic carbocycles. The molecule has 4 nitrogen and oxygen atoms in total. The molecule has 2 aromatic rings. The minimum absolute atomic E-state index is 0.00343. The van der Waals surface area contributed by atoms with Crippen LogP contribution < -0.4 is 0 Å². The van der Waals surface area contributed by atoms with Gasteiger partial charge in [0.05, 0.1) is 5.56 Å². The lowest BCUT2D eigenvalue weighted by atomic mass is 9.79. The van der Waals surface area contributed by atoms with Gasteiger partial charge < -0.3 is 4.74 Å². The van der Waals surface area contributed by atoms with E-state index < -0.39 is 0 Å². The Morgan fingerprint density at radius 1 is 0.862 bits per heavy atom. The summed E-state index contributed by atoms with van der Waals surface area (Å²) in [6.07, 6.45) is 12.6. The molecule has 2 aliphatic carbocycles. The summed E-state index contributed by atoms with van der Waals surface area (Å²) < 4.78 is 5.80. The first kappa shape index (κ1) is 20.1. The number of aromatic nitrogens is 2. The molecule has 0 unspecified atom stereocenters. The number of ether oxygens (including phenoxy) is 1. The van der Waals surface area contributed by atoms with Gasteiger partial charge in [-0.05, 0) is 80.5 Å². The molecule has 29 heavy (non-hydrogen) atoms. The Morgan fingerprint density at radius 3 is 2.07 bits per heavy atom. The van der Waals surface area contributed by atoms with E-state index in [4.69, 9.17) is 4.74 Å². The lowest BCUT2D eigenvalue weighted by molar-refractivity contribution is 0.0193. The fraction of sp³-hybridized carbons (Fsp3) is 0.560. The molecule has 2 aliphatic rings. The normalized spacial score (nSPS) is 27.4. The third kappa shape index (κ3) is 5.04. The molecule has 2 saturated carbocycles. The van der Waals surface area contributed by atoms with Crippen molar-refractivity contribution in [2.45, 2.75) is 83.2 Å². The number of carbonyl (C=O) groups excluding carboxylic acids is 1. The molecule has 0 radical (unpaired) electrons. The quantitative estimate of drug-likeness (QED) is 0.602. The van der Waals surface area contributed by atoms with Crippen LogP contribution in [0, 0.1) is 12.8 Å². The fourth-order valence-electron chi connectivity index (χ4n) is 4.76. The van der Waals surface area contributed by atoms with Crippen LogP contribution in [0.1, 0.15) is 97.4 Å². The number of aryl methyl sites for hydroxylation is 1. The van der Waals surface area contributed by atoms with Gasteiger partial charge in [-0.1, -0.05) is 31.9 Å². The van der Waals surface area contributed by atoms with Gasteiger partial charge in [0.2, 0.25) is 0 Å². The molecule has 0 N–H and O–H groups in total. The largest absolute Gasteiger partial charge is 0.459 e. The van der Waals surface area contributed by atoms with E-state index in [0.29, 0.717) is 17.4 Å². The number of hydrogen-bond donors (Lipinski definition) is 0. The molecule has 1 heterocycles. The first-order valence-corrected chi connectivity index (χ1v) is 11.2. The predicted molar refractivity (Wildman–Crippen MR) is 114 cm³/mol. The van der Waals surface area contributed by atoms with Crippen molar-refractivity contribution in [2.24, 2.45) is 5.92 Å². The minimum Gasteiger partial charge on any atom is -0.459 e. The van der Waals surface area contributed by atoms with Crippen molar-refractivity contribution in [3.05, 3.63) is 59.2 Å². The van der Waals surface area contributed by atoms with E-state index in [1.54, 1.807) is 0 Å². The van der Waals surface area contributed by atoms with Gasteiger partial charge in [0.15, 0.2) is 0 Å². The van der Waals surface area contributed by atoms with Gasteiger partial charge >= 0.3 is 5.97 Å². The maximum absolute atomic E-state index is 12.6. The SMILES string of the molecule is Cc1cnc(C2CCC(OC(=O)c3ccc(C4CCC(C)CC4)cc3)CC2)nc1. The molecule has 4 heteroatoms. The van der Waals surface area contributed by atoms with Gasteiger partial charge in [0, 0.05) is 18.3 Å². The first-order chi connectivity index (χ1) is 14.1. The molecule has 0 saturated heterocycles. The van der Waals surface area contributed by atoms with Crippen molar-refractivity contribution in [1.29, 1.82) is 0 Å². The van der Waals surface area contributed by atoms with Crippen LogP contribution in [0.2, 0.25) is 0 Å². The summed E-state index contributed by atoms with van der Waals surface area (Å²) in [5.41, 5.74) is 3.12. The minimum atomic E-state index is -0.191. The maximum Gasteiger partial charge on any atom is 0.338 e. The Balaban J connectivity index is 1.28. The van der Waals surface area contributed by atoms with Crippen LogP contribution in [0.3, 0.4) is 0 Å². The van der Waals surface area contributed by atoms with Crippen molar-refractivity contribution in [1.82, 2.24) is 9.97 Å². The second-order valence-electron chi connectivity index (χ2n) is 9.08. The smallest absolute Gasteiger partial charge is 0.338 e. The van der Waals surface area contributed by atoms with Gasteiger partial charge in [-0.15, -0.1) is 0 Å². The standard InChI is InChI=1S/C25H32N2O2/c1-17-3-5-19(6-4-17)20-7-9-22(10-8-20)25(28)29-23-13-11-21(12-14-23)24-26-15-18(2)16-27-24/h7-10,15-17,19,21,23H,3-6,11-14H2,1-2H3. The Labute approximate surface area is 174 Å². The lowest BCUT2D eigenvalue weighted by Gasteiger charge is -2.28. The van der Waals surface area contributed by atoms with Crippen LogP contribution in [-0.4, -0.2) is 22.0 Å². The topological polar surface area (TPSA) is 52.1 Å². The van der Waals surface area contributed by atoms with E-state index in [2.05, 4.69) is 29.0 Å². The van der Waals surface area contributed by atoms with Crippen LogP contribution in [0.15, 0.2) is 36.7 Å². The van der Waals surface area contributed by atoms with Gasteiger partial charge in [0.25, 0.3) is 0 Å². The highest BCUT2D eigenvalue weighted by atomic mass is 16.5. The summed E-state index contributed by atoms with van der Waals surface area (Å²) in [4.78, 5) is 21.5. The Hall–Kier alpha value is -2.23. The van der Waals surface area contributed by atoms with E-state index in [9.17, 15) is 4.79 Å². The van der Waals surface area contributed by atoms with Crippen LogP contribution >= 0.6 is 0 Å². The van der Waals surface area contributed by atoms with Gasteiger partial charge in [-0.3, -0.25) is 0 Å². The van der Waals surface area contributed by atoms with Crippen LogP contribution in [0.5, 0.6) is 0 Å². The highest BCUT2D eigenvalue weighted by molar-refractivity contribution is 5.89. The molecule has 154 valence electrons.